The lowest BCUT2D eigenvalue weighted by molar-refractivity contribution is -0.136. The number of hydrogen-bond donors (Lipinski definition) is 0. The Morgan fingerprint density at radius 1 is 0.909 bits per heavy atom. The maximum atomic E-state index is 13.2. The zero-order chi connectivity index (χ0) is 23.3. The molecule has 2 heterocycles. The van der Waals surface area contributed by atoms with E-state index in [-0.39, 0.29) is 17.6 Å². The van der Waals surface area contributed by atoms with Crippen LogP contribution in [-0.4, -0.2) is 69.9 Å². The van der Waals surface area contributed by atoms with Gasteiger partial charge in [-0.1, -0.05) is 30.3 Å². The Balaban J connectivity index is 1.29. The molecule has 0 aromatic heterocycles. The van der Waals surface area contributed by atoms with Crippen molar-refractivity contribution in [3.63, 3.8) is 0 Å². The predicted octanol–water partition coefficient (Wildman–Crippen LogP) is 2.98. The SMILES string of the molecule is COc1ccc(N2CCCN(C(=O)C3CCN(S(=O)(=O)Cc4ccccc4)CC3)CC2)cc1. The van der Waals surface area contributed by atoms with Gasteiger partial charge in [-0.05, 0) is 49.1 Å². The van der Waals surface area contributed by atoms with Gasteiger partial charge in [-0.15, -0.1) is 0 Å². The van der Waals surface area contributed by atoms with Crippen LogP contribution < -0.4 is 9.64 Å². The van der Waals surface area contributed by atoms with Crippen molar-refractivity contribution in [3.05, 3.63) is 60.2 Å². The van der Waals surface area contributed by atoms with Crippen molar-refractivity contribution in [3.8, 4) is 5.75 Å². The molecule has 4 rings (SSSR count). The second-order valence-corrected chi connectivity index (χ2v) is 10.7. The molecule has 7 nitrogen and oxygen atoms in total. The first kappa shape index (κ1) is 23.6. The minimum absolute atomic E-state index is 0.0137. The first-order valence-electron chi connectivity index (χ1n) is 11.7. The van der Waals surface area contributed by atoms with Crippen LogP contribution >= 0.6 is 0 Å². The molecule has 2 fully saturated rings. The van der Waals surface area contributed by atoms with Crippen LogP contribution in [0.15, 0.2) is 54.6 Å². The molecule has 0 bridgehead atoms. The van der Waals surface area contributed by atoms with Crippen LogP contribution in [-0.2, 0) is 20.6 Å². The van der Waals surface area contributed by atoms with Gasteiger partial charge in [0.25, 0.3) is 0 Å². The third kappa shape index (κ3) is 5.86. The van der Waals surface area contributed by atoms with Gasteiger partial charge in [0, 0.05) is 50.9 Å². The summed E-state index contributed by atoms with van der Waals surface area (Å²) in [6.45, 7) is 3.97. The van der Waals surface area contributed by atoms with Crippen molar-refractivity contribution in [1.82, 2.24) is 9.21 Å². The summed E-state index contributed by atoms with van der Waals surface area (Å²) in [6, 6.07) is 17.3. The number of methoxy groups -OCH3 is 1. The largest absolute Gasteiger partial charge is 0.497 e. The minimum Gasteiger partial charge on any atom is -0.497 e. The number of carbonyl (C=O) groups excluding carboxylic acids is 1. The number of benzene rings is 2. The highest BCUT2D eigenvalue weighted by Gasteiger charge is 2.33. The van der Waals surface area contributed by atoms with Crippen LogP contribution in [0.25, 0.3) is 0 Å². The highest BCUT2D eigenvalue weighted by molar-refractivity contribution is 7.88. The number of ether oxygens (including phenoxy) is 1. The second kappa shape index (κ2) is 10.6. The average Bonchev–Trinajstić information content (AvgIpc) is 3.10. The molecule has 0 N–H and O–H groups in total. The minimum atomic E-state index is -3.37. The Bertz CT molecular complexity index is 1020. The number of nitrogens with zero attached hydrogens (tertiary/aromatic N) is 3. The molecule has 0 aliphatic carbocycles. The van der Waals surface area contributed by atoms with E-state index in [4.69, 9.17) is 4.74 Å². The number of hydrogen-bond acceptors (Lipinski definition) is 5. The molecule has 0 spiro atoms. The Morgan fingerprint density at radius 2 is 1.61 bits per heavy atom. The first-order valence-corrected chi connectivity index (χ1v) is 13.3. The van der Waals surface area contributed by atoms with E-state index in [9.17, 15) is 13.2 Å². The van der Waals surface area contributed by atoms with Gasteiger partial charge in [0.1, 0.15) is 5.75 Å². The van der Waals surface area contributed by atoms with Crippen LogP contribution in [0.5, 0.6) is 5.75 Å². The van der Waals surface area contributed by atoms with Gasteiger partial charge in [0.05, 0.1) is 12.9 Å². The number of sulfonamides is 1. The number of carbonyl (C=O) groups is 1. The maximum absolute atomic E-state index is 13.2. The molecular formula is C25H33N3O4S. The smallest absolute Gasteiger partial charge is 0.225 e. The van der Waals surface area contributed by atoms with Crippen molar-refractivity contribution in [2.45, 2.75) is 25.0 Å². The molecule has 0 radical (unpaired) electrons. The molecule has 0 atom stereocenters. The molecule has 1 amide bonds. The molecule has 0 unspecified atom stereocenters. The second-order valence-electron chi connectivity index (χ2n) is 8.78. The molecule has 178 valence electrons. The van der Waals surface area contributed by atoms with E-state index in [1.165, 1.54) is 0 Å². The standard InChI is InChI=1S/C25H33N3O4S/c1-32-24-10-8-23(9-11-24)26-14-5-15-27(19-18-26)25(29)22-12-16-28(17-13-22)33(30,31)20-21-6-3-2-4-7-21/h2-4,6-11,22H,5,12-20H2,1H3. The molecule has 2 aromatic rings. The number of anilines is 1. The number of piperidine rings is 1. The zero-order valence-corrected chi connectivity index (χ0v) is 20.0. The quantitative estimate of drug-likeness (QED) is 0.648. The Morgan fingerprint density at radius 3 is 2.27 bits per heavy atom. The summed E-state index contributed by atoms with van der Waals surface area (Å²) in [5.41, 5.74) is 1.93. The molecule has 33 heavy (non-hydrogen) atoms. The molecular weight excluding hydrogens is 438 g/mol. The molecule has 2 aliphatic heterocycles. The monoisotopic (exact) mass is 471 g/mol. The lowest BCUT2D eigenvalue weighted by Crippen LogP contribution is -2.45. The fourth-order valence-corrected chi connectivity index (χ4v) is 6.27. The van der Waals surface area contributed by atoms with E-state index in [0.29, 0.717) is 32.5 Å². The normalized spacial score (nSPS) is 18.7. The van der Waals surface area contributed by atoms with Crippen LogP contribution in [0.4, 0.5) is 5.69 Å². The number of amides is 1. The summed E-state index contributed by atoms with van der Waals surface area (Å²) in [7, 11) is -1.71. The summed E-state index contributed by atoms with van der Waals surface area (Å²) in [5.74, 6) is 0.926. The van der Waals surface area contributed by atoms with Gasteiger partial charge in [0.2, 0.25) is 15.9 Å². The molecule has 8 heteroatoms. The van der Waals surface area contributed by atoms with Crippen LogP contribution in [0, 0.1) is 5.92 Å². The summed E-state index contributed by atoms with van der Waals surface area (Å²) in [6.07, 6.45) is 2.10. The summed E-state index contributed by atoms with van der Waals surface area (Å²) in [5, 5.41) is 0. The van der Waals surface area contributed by atoms with E-state index in [0.717, 1.165) is 43.1 Å². The molecule has 2 aliphatic rings. The lowest BCUT2D eigenvalue weighted by atomic mass is 9.96. The van der Waals surface area contributed by atoms with Crippen molar-refractivity contribution >= 4 is 21.6 Å². The van der Waals surface area contributed by atoms with Crippen LogP contribution in [0.2, 0.25) is 0 Å². The van der Waals surface area contributed by atoms with Crippen molar-refractivity contribution in [1.29, 1.82) is 0 Å². The van der Waals surface area contributed by atoms with Crippen molar-refractivity contribution in [2.75, 3.05) is 51.3 Å². The summed E-state index contributed by atoms with van der Waals surface area (Å²) >= 11 is 0. The van der Waals surface area contributed by atoms with Gasteiger partial charge in [0.15, 0.2) is 0 Å². The van der Waals surface area contributed by atoms with E-state index >= 15 is 0 Å². The van der Waals surface area contributed by atoms with E-state index < -0.39 is 10.0 Å². The third-order valence-corrected chi connectivity index (χ3v) is 8.48. The highest BCUT2D eigenvalue weighted by atomic mass is 32.2. The average molecular weight is 472 g/mol. The fourth-order valence-electron chi connectivity index (χ4n) is 4.70. The van der Waals surface area contributed by atoms with Gasteiger partial charge in [-0.25, -0.2) is 12.7 Å². The van der Waals surface area contributed by atoms with Gasteiger partial charge in [-0.2, -0.15) is 0 Å². The van der Waals surface area contributed by atoms with Gasteiger partial charge < -0.3 is 14.5 Å². The highest BCUT2D eigenvalue weighted by Crippen LogP contribution is 2.25. The molecule has 2 saturated heterocycles. The zero-order valence-electron chi connectivity index (χ0n) is 19.2. The van der Waals surface area contributed by atoms with Crippen molar-refractivity contribution in [2.24, 2.45) is 5.92 Å². The Kier molecular flexibility index (Phi) is 7.55. The maximum Gasteiger partial charge on any atom is 0.225 e. The first-order chi connectivity index (χ1) is 16.0. The molecule has 0 saturated carbocycles. The van der Waals surface area contributed by atoms with Crippen LogP contribution in [0.3, 0.4) is 0 Å². The third-order valence-electron chi connectivity index (χ3n) is 6.63. The molecule has 2 aromatic carbocycles. The topological polar surface area (TPSA) is 70.2 Å². The van der Waals surface area contributed by atoms with Gasteiger partial charge >= 0.3 is 0 Å². The number of rotatable bonds is 6. The van der Waals surface area contributed by atoms with Crippen molar-refractivity contribution < 1.29 is 17.9 Å². The summed E-state index contributed by atoms with van der Waals surface area (Å²) < 4.78 is 32.4. The van der Waals surface area contributed by atoms with E-state index in [1.807, 2.05) is 47.4 Å². The fraction of sp³-hybridized carbons (Fsp3) is 0.480. The van der Waals surface area contributed by atoms with Gasteiger partial charge in [-0.3, -0.25) is 4.79 Å². The Hall–Kier alpha value is -2.58. The predicted molar refractivity (Wildman–Crippen MR) is 130 cm³/mol. The van der Waals surface area contributed by atoms with Crippen LogP contribution in [0.1, 0.15) is 24.8 Å². The Labute approximate surface area is 197 Å². The van der Waals surface area contributed by atoms with E-state index in [2.05, 4.69) is 17.0 Å². The summed E-state index contributed by atoms with van der Waals surface area (Å²) in [4.78, 5) is 17.5. The lowest BCUT2D eigenvalue weighted by Gasteiger charge is -2.33. The van der Waals surface area contributed by atoms with E-state index in [1.54, 1.807) is 11.4 Å².